The minimum atomic E-state index is 0. The van der Waals surface area contributed by atoms with Crippen LogP contribution in [0.1, 0.15) is 37.6 Å². The Morgan fingerprint density at radius 3 is 2.61 bits per heavy atom. The fourth-order valence-corrected chi connectivity index (χ4v) is 3.30. The highest BCUT2D eigenvalue weighted by Crippen LogP contribution is 2.09. The maximum atomic E-state index is 4.69. The Morgan fingerprint density at radius 1 is 1.14 bits per heavy atom. The van der Waals surface area contributed by atoms with Gasteiger partial charge in [-0.2, -0.15) is 0 Å². The van der Waals surface area contributed by atoms with E-state index in [1.165, 1.54) is 32.4 Å². The Kier molecular flexibility index (Phi) is 9.69. The highest BCUT2D eigenvalue weighted by Gasteiger charge is 2.09. The van der Waals surface area contributed by atoms with Gasteiger partial charge in [0.15, 0.2) is 5.96 Å². The summed E-state index contributed by atoms with van der Waals surface area (Å²) in [7, 11) is 0. The fourth-order valence-electron chi connectivity index (χ4n) is 3.30. The molecular formula is C20H32IN7. The number of hydrogen-bond donors (Lipinski definition) is 2. The molecule has 1 fully saturated rings. The minimum Gasteiger partial charge on any atom is -0.357 e. The van der Waals surface area contributed by atoms with Gasteiger partial charge in [-0.15, -0.1) is 24.0 Å². The molecule has 1 saturated heterocycles. The van der Waals surface area contributed by atoms with Crippen LogP contribution in [0.15, 0.2) is 35.7 Å². The van der Waals surface area contributed by atoms with Crippen molar-refractivity contribution in [3.63, 3.8) is 0 Å². The van der Waals surface area contributed by atoms with Crippen LogP contribution in [0.4, 0.5) is 0 Å². The molecule has 3 heterocycles. The summed E-state index contributed by atoms with van der Waals surface area (Å²) in [5.41, 5.74) is 1.09. The zero-order chi connectivity index (χ0) is 18.9. The lowest BCUT2D eigenvalue weighted by Gasteiger charge is -2.26. The second kappa shape index (κ2) is 12.0. The summed E-state index contributed by atoms with van der Waals surface area (Å²) in [5.74, 6) is 2.67. The quantitative estimate of drug-likeness (QED) is 0.350. The van der Waals surface area contributed by atoms with Crippen LogP contribution in [0.2, 0.25) is 0 Å². The predicted molar refractivity (Wildman–Crippen MR) is 125 cm³/mol. The van der Waals surface area contributed by atoms with Crippen LogP contribution in [0.3, 0.4) is 0 Å². The lowest BCUT2D eigenvalue weighted by atomic mass is 10.1. The number of likely N-dealkylation sites (tertiary alicyclic amines) is 1. The normalized spacial score (nSPS) is 15.1. The van der Waals surface area contributed by atoms with Crippen LogP contribution in [0.25, 0.3) is 5.82 Å². The number of nitrogens with zero attached hydrogens (tertiary/aromatic N) is 5. The van der Waals surface area contributed by atoms with Crippen molar-refractivity contribution in [3.8, 4) is 5.82 Å². The topological polar surface area (TPSA) is 70.4 Å². The van der Waals surface area contributed by atoms with Crippen LogP contribution in [-0.4, -0.2) is 58.1 Å². The molecule has 2 aromatic heterocycles. The zero-order valence-electron chi connectivity index (χ0n) is 16.9. The van der Waals surface area contributed by atoms with Crippen LogP contribution >= 0.6 is 24.0 Å². The standard InChI is InChI=1S/C20H31N7.HI/c1-3-21-20(23-9-13-26-11-5-4-6-12-26)25-16-18-7-8-19(24-15-18)27-14-10-22-17(27)2;/h7-8,10,14-15H,3-6,9,11-13,16H2,1-2H3,(H2,21,23,25);1H. The van der Waals surface area contributed by atoms with E-state index in [9.17, 15) is 0 Å². The molecule has 0 radical (unpaired) electrons. The number of pyridine rings is 1. The van der Waals surface area contributed by atoms with E-state index in [1.54, 1.807) is 6.20 Å². The molecular weight excluding hydrogens is 465 g/mol. The molecule has 3 rings (SSSR count). The summed E-state index contributed by atoms with van der Waals surface area (Å²) in [4.78, 5) is 16.0. The maximum Gasteiger partial charge on any atom is 0.191 e. The van der Waals surface area contributed by atoms with Crippen molar-refractivity contribution in [1.29, 1.82) is 0 Å². The van der Waals surface area contributed by atoms with Gasteiger partial charge in [0.05, 0.1) is 6.54 Å². The molecule has 0 unspecified atom stereocenters. The molecule has 2 aromatic rings. The van der Waals surface area contributed by atoms with E-state index in [4.69, 9.17) is 4.99 Å². The van der Waals surface area contributed by atoms with Gasteiger partial charge in [0.1, 0.15) is 11.6 Å². The van der Waals surface area contributed by atoms with Crippen molar-refractivity contribution in [2.24, 2.45) is 4.99 Å². The van der Waals surface area contributed by atoms with Crippen molar-refractivity contribution in [2.75, 3.05) is 32.7 Å². The van der Waals surface area contributed by atoms with E-state index in [2.05, 4.69) is 38.5 Å². The third kappa shape index (κ3) is 6.73. The highest BCUT2D eigenvalue weighted by molar-refractivity contribution is 14.0. The largest absolute Gasteiger partial charge is 0.357 e. The van der Waals surface area contributed by atoms with Crippen LogP contribution < -0.4 is 10.6 Å². The first-order valence-corrected chi connectivity index (χ1v) is 9.96. The minimum absolute atomic E-state index is 0. The second-order valence-corrected chi connectivity index (χ2v) is 6.89. The molecule has 1 aliphatic rings. The number of nitrogens with one attached hydrogen (secondary N) is 2. The van der Waals surface area contributed by atoms with E-state index in [-0.39, 0.29) is 24.0 Å². The number of piperidine rings is 1. The molecule has 7 nitrogen and oxygen atoms in total. The Balaban J connectivity index is 0.00000280. The second-order valence-electron chi connectivity index (χ2n) is 6.89. The number of rotatable bonds is 7. The molecule has 0 atom stereocenters. The number of aromatic nitrogens is 3. The third-order valence-corrected chi connectivity index (χ3v) is 4.81. The lowest BCUT2D eigenvalue weighted by Crippen LogP contribution is -2.42. The number of halogens is 1. The van der Waals surface area contributed by atoms with Crippen LogP contribution in [0.5, 0.6) is 0 Å². The highest BCUT2D eigenvalue weighted by atomic mass is 127. The van der Waals surface area contributed by atoms with E-state index in [0.29, 0.717) is 6.54 Å². The van der Waals surface area contributed by atoms with E-state index in [1.807, 2.05) is 30.0 Å². The molecule has 0 amide bonds. The Hall–Kier alpha value is -1.68. The Morgan fingerprint density at radius 2 is 1.96 bits per heavy atom. The molecule has 0 aliphatic carbocycles. The van der Waals surface area contributed by atoms with Gasteiger partial charge in [-0.05, 0) is 51.4 Å². The summed E-state index contributed by atoms with van der Waals surface area (Å²) in [6, 6.07) is 4.08. The van der Waals surface area contributed by atoms with Crippen molar-refractivity contribution in [1.82, 2.24) is 30.1 Å². The maximum absolute atomic E-state index is 4.69. The van der Waals surface area contributed by atoms with E-state index < -0.39 is 0 Å². The van der Waals surface area contributed by atoms with Crippen molar-refractivity contribution in [2.45, 2.75) is 39.7 Å². The van der Waals surface area contributed by atoms with Gasteiger partial charge in [0.2, 0.25) is 0 Å². The van der Waals surface area contributed by atoms with Crippen molar-refractivity contribution in [3.05, 3.63) is 42.1 Å². The van der Waals surface area contributed by atoms with Gasteiger partial charge >= 0.3 is 0 Å². The smallest absolute Gasteiger partial charge is 0.191 e. The zero-order valence-corrected chi connectivity index (χ0v) is 19.2. The molecule has 1 aliphatic heterocycles. The molecule has 154 valence electrons. The number of aryl methyl sites for hydroxylation is 1. The third-order valence-electron chi connectivity index (χ3n) is 4.81. The summed E-state index contributed by atoms with van der Waals surface area (Å²) in [6.07, 6.45) is 9.63. The summed E-state index contributed by atoms with van der Waals surface area (Å²) in [5, 5.41) is 6.76. The summed E-state index contributed by atoms with van der Waals surface area (Å²) < 4.78 is 1.97. The van der Waals surface area contributed by atoms with Gasteiger partial charge < -0.3 is 15.5 Å². The molecule has 28 heavy (non-hydrogen) atoms. The molecule has 0 bridgehead atoms. The molecule has 8 heteroatoms. The monoisotopic (exact) mass is 497 g/mol. The van der Waals surface area contributed by atoms with Crippen LogP contribution in [-0.2, 0) is 6.54 Å². The first-order valence-electron chi connectivity index (χ1n) is 9.96. The average molecular weight is 497 g/mol. The van der Waals surface area contributed by atoms with E-state index >= 15 is 0 Å². The summed E-state index contributed by atoms with van der Waals surface area (Å²) in [6.45, 7) is 9.97. The van der Waals surface area contributed by atoms with E-state index in [0.717, 1.165) is 42.8 Å². The summed E-state index contributed by atoms with van der Waals surface area (Å²) >= 11 is 0. The molecule has 2 N–H and O–H groups in total. The van der Waals surface area contributed by atoms with Gasteiger partial charge in [-0.1, -0.05) is 12.5 Å². The van der Waals surface area contributed by atoms with Gasteiger partial charge in [-0.25, -0.2) is 15.0 Å². The van der Waals surface area contributed by atoms with Gasteiger partial charge in [0.25, 0.3) is 0 Å². The predicted octanol–water partition coefficient (Wildman–Crippen LogP) is 2.73. The molecule has 0 spiro atoms. The Bertz CT molecular complexity index is 720. The van der Waals surface area contributed by atoms with Crippen LogP contribution in [0, 0.1) is 6.92 Å². The van der Waals surface area contributed by atoms with Crippen molar-refractivity contribution >= 4 is 29.9 Å². The number of aliphatic imine (C=N–C) groups is 1. The number of hydrogen-bond acceptors (Lipinski definition) is 4. The van der Waals surface area contributed by atoms with Gasteiger partial charge in [-0.3, -0.25) is 4.57 Å². The lowest BCUT2D eigenvalue weighted by molar-refractivity contribution is 0.232. The first kappa shape index (κ1) is 22.6. The number of imidazole rings is 1. The Labute approximate surface area is 185 Å². The van der Waals surface area contributed by atoms with Crippen molar-refractivity contribution < 1.29 is 0 Å². The SMILES string of the molecule is CCNC(=NCc1ccc(-n2ccnc2C)nc1)NCCN1CCCCC1.I. The molecule has 0 saturated carbocycles. The first-order chi connectivity index (χ1) is 13.3. The fraction of sp³-hybridized carbons (Fsp3) is 0.550. The van der Waals surface area contributed by atoms with Gasteiger partial charge in [0, 0.05) is 38.2 Å². The molecule has 0 aromatic carbocycles. The average Bonchev–Trinajstić information content (AvgIpc) is 3.13. The number of guanidine groups is 1.